The summed E-state index contributed by atoms with van der Waals surface area (Å²) in [4.78, 5) is 8.67. The maximum absolute atomic E-state index is 6.19. The standard InChI is InChI=1S/C14H23ClN4S/c1-3-8-16-14-17-9-12(15)13(19-14)18-10-4-6-11(20-2)7-5-10/h9-11H,3-8H2,1-2H3,(H2,16,17,18,19). The monoisotopic (exact) mass is 314 g/mol. The number of aromatic nitrogens is 2. The second kappa shape index (κ2) is 7.93. The van der Waals surface area contributed by atoms with E-state index in [4.69, 9.17) is 11.6 Å². The predicted molar refractivity (Wildman–Crippen MR) is 89.0 cm³/mol. The van der Waals surface area contributed by atoms with Crippen LogP contribution < -0.4 is 10.6 Å². The zero-order valence-corrected chi connectivity index (χ0v) is 13.7. The van der Waals surface area contributed by atoms with Crippen LogP contribution in [0.15, 0.2) is 6.20 Å². The highest BCUT2D eigenvalue weighted by molar-refractivity contribution is 7.99. The Morgan fingerprint density at radius 1 is 1.35 bits per heavy atom. The highest BCUT2D eigenvalue weighted by Crippen LogP contribution is 2.30. The van der Waals surface area contributed by atoms with E-state index in [1.54, 1.807) is 6.20 Å². The highest BCUT2D eigenvalue weighted by atomic mass is 35.5. The molecular formula is C14H23ClN4S. The molecule has 1 fully saturated rings. The first-order valence-corrected chi connectivity index (χ1v) is 8.95. The van der Waals surface area contributed by atoms with Crippen molar-refractivity contribution in [1.29, 1.82) is 0 Å². The van der Waals surface area contributed by atoms with Gasteiger partial charge in [-0.25, -0.2) is 4.98 Å². The van der Waals surface area contributed by atoms with Gasteiger partial charge in [-0.2, -0.15) is 16.7 Å². The molecule has 0 spiro atoms. The molecule has 0 aliphatic heterocycles. The van der Waals surface area contributed by atoms with Crippen LogP contribution in [0.1, 0.15) is 39.0 Å². The number of nitrogens with zero attached hydrogens (tertiary/aromatic N) is 2. The van der Waals surface area contributed by atoms with Gasteiger partial charge >= 0.3 is 0 Å². The molecule has 1 aliphatic rings. The molecule has 1 heterocycles. The van der Waals surface area contributed by atoms with E-state index in [1.807, 2.05) is 11.8 Å². The first-order valence-electron chi connectivity index (χ1n) is 7.28. The van der Waals surface area contributed by atoms with Crippen molar-refractivity contribution < 1.29 is 0 Å². The zero-order chi connectivity index (χ0) is 14.4. The van der Waals surface area contributed by atoms with Gasteiger partial charge in [0.05, 0.1) is 6.20 Å². The second-order valence-electron chi connectivity index (χ2n) is 5.17. The average molecular weight is 315 g/mol. The van der Waals surface area contributed by atoms with Crippen molar-refractivity contribution in [2.24, 2.45) is 0 Å². The normalized spacial score (nSPS) is 22.6. The van der Waals surface area contributed by atoms with Gasteiger partial charge in [0.25, 0.3) is 0 Å². The summed E-state index contributed by atoms with van der Waals surface area (Å²) in [6.07, 6.45) is 9.82. The average Bonchev–Trinajstić information content (AvgIpc) is 2.49. The fraction of sp³-hybridized carbons (Fsp3) is 0.714. The number of anilines is 2. The van der Waals surface area contributed by atoms with Crippen molar-refractivity contribution in [2.75, 3.05) is 23.4 Å². The van der Waals surface area contributed by atoms with E-state index in [0.29, 0.717) is 17.0 Å². The van der Waals surface area contributed by atoms with Crippen LogP contribution in [0.4, 0.5) is 11.8 Å². The van der Waals surface area contributed by atoms with Crippen LogP contribution in [0.25, 0.3) is 0 Å². The Morgan fingerprint density at radius 3 is 2.75 bits per heavy atom. The molecule has 0 saturated heterocycles. The number of nitrogens with one attached hydrogen (secondary N) is 2. The molecular weight excluding hydrogens is 292 g/mol. The van der Waals surface area contributed by atoms with Crippen molar-refractivity contribution in [2.45, 2.75) is 50.3 Å². The number of hydrogen-bond acceptors (Lipinski definition) is 5. The lowest BCUT2D eigenvalue weighted by molar-refractivity contribution is 0.472. The molecule has 20 heavy (non-hydrogen) atoms. The Morgan fingerprint density at radius 2 is 2.10 bits per heavy atom. The van der Waals surface area contributed by atoms with Crippen LogP contribution in [0.2, 0.25) is 5.02 Å². The van der Waals surface area contributed by atoms with Gasteiger partial charge in [0.2, 0.25) is 5.95 Å². The van der Waals surface area contributed by atoms with E-state index in [0.717, 1.165) is 24.0 Å². The van der Waals surface area contributed by atoms with E-state index < -0.39 is 0 Å². The number of hydrogen-bond donors (Lipinski definition) is 2. The van der Waals surface area contributed by atoms with Gasteiger partial charge < -0.3 is 10.6 Å². The number of rotatable bonds is 6. The Hall–Kier alpha value is -0.680. The van der Waals surface area contributed by atoms with Gasteiger partial charge in [-0.05, 0) is 38.4 Å². The first-order chi connectivity index (χ1) is 9.72. The Kier molecular flexibility index (Phi) is 6.23. The molecule has 0 aromatic carbocycles. The van der Waals surface area contributed by atoms with Crippen LogP contribution in [0.3, 0.4) is 0 Å². The topological polar surface area (TPSA) is 49.8 Å². The van der Waals surface area contributed by atoms with Gasteiger partial charge in [0.1, 0.15) is 5.02 Å². The summed E-state index contributed by atoms with van der Waals surface area (Å²) in [6, 6.07) is 0.477. The zero-order valence-electron chi connectivity index (χ0n) is 12.2. The molecule has 0 radical (unpaired) electrons. The lowest BCUT2D eigenvalue weighted by atomic mass is 9.95. The van der Waals surface area contributed by atoms with Gasteiger partial charge in [0.15, 0.2) is 5.82 Å². The summed E-state index contributed by atoms with van der Waals surface area (Å²) >= 11 is 8.17. The van der Waals surface area contributed by atoms with Crippen LogP contribution in [-0.2, 0) is 0 Å². The molecule has 6 heteroatoms. The van der Waals surface area contributed by atoms with E-state index in [1.165, 1.54) is 25.7 Å². The molecule has 1 aromatic heterocycles. The Labute approximate surface area is 130 Å². The van der Waals surface area contributed by atoms with Crippen molar-refractivity contribution in [1.82, 2.24) is 9.97 Å². The molecule has 1 aromatic rings. The third-order valence-corrected chi connectivity index (χ3v) is 5.04. The van der Waals surface area contributed by atoms with Crippen LogP contribution >= 0.6 is 23.4 Å². The number of thioether (sulfide) groups is 1. The molecule has 2 N–H and O–H groups in total. The highest BCUT2D eigenvalue weighted by Gasteiger charge is 2.21. The van der Waals surface area contributed by atoms with E-state index in [2.05, 4.69) is 33.8 Å². The van der Waals surface area contributed by atoms with Crippen molar-refractivity contribution >= 4 is 35.1 Å². The summed E-state index contributed by atoms with van der Waals surface area (Å²) in [5.41, 5.74) is 0. The summed E-state index contributed by atoms with van der Waals surface area (Å²) in [5, 5.41) is 8.08. The second-order valence-corrected chi connectivity index (χ2v) is 6.72. The number of halogens is 1. The SMILES string of the molecule is CCCNc1ncc(Cl)c(NC2CCC(SC)CC2)n1. The molecule has 0 atom stereocenters. The minimum atomic E-state index is 0.477. The van der Waals surface area contributed by atoms with Crippen LogP contribution in [-0.4, -0.2) is 34.1 Å². The molecule has 0 amide bonds. The summed E-state index contributed by atoms with van der Waals surface area (Å²) in [6.45, 7) is 2.99. The lowest BCUT2D eigenvalue weighted by Crippen LogP contribution is -2.27. The molecule has 2 rings (SSSR count). The fourth-order valence-corrected chi connectivity index (χ4v) is 3.32. The maximum Gasteiger partial charge on any atom is 0.224 e. The summed E-state index contributed by atoms with van der Waals surface area (Å²) < 4.78 is 0. The van der Waals surface area contributed by atoms with E-state index in [-0.39, 0.29) is 0 Å². The van der Waals surface area contributed by atoms with Crippen molar-refractivity contribution in [3.63, 3.8) is 0 Å². The van der Waals surface area contributed by atoms with Crippen molar-refractivity contribution in [3.8, 4) is 0 Å². The Balaban J connectivity index is 1.94. The molecule has 0 bridgehead atoms. The van der Waals surface area contributed by atoms with Gasteiger partial charge in [-0.1, -0.05) is 18.5 Å². The first kappa shape index (κ1) is 15.7. The van der Waals surface area contributed by atoms with Crippen LogP contribution in [0.5, 0.6) is 0 Å². The molecule has 1 saturated carbocycles. The lowest BCUT2D eigenvalue weighted by Gasteiger charge is -2.28. The summed E-state index contributed by atoms with van der Waals surface area (Å²) in [7, 11) is 0. The fourth-order valence-electron chi connectivity index (χ4n) is 2.43. The van der Waals surface area contributed by atoms with Crippen LogP contribution in [0, 0.1) is 0 Å². The van der Waals surface area contributed by atoms with E-state index in [9.17, 15) is 0 Å². The molecule has 0 unspecified atom stereocenters. The minimum Gasteiger partial charge on any atom is -0.366 e. The van der Waals surface area contributed by atoms with Gasteiger partial charge in [-0.3, -0.25) is 0 Å². The maximum atomic E-state index is 6.19. The Bertz CT molecular complexity index is 422. The van der Waals surface area contributed by atoms with Gasteiger partial charge in [-0.15, -0.1) is 0 Å². The summed E-state index contributed by atoms with van der Waals surface area (Å²) in [5.74, 6) is 1.41. The van der Waals surface area contributed by atoms with Crippen molar-refractivity contribution in [3.05, 3.63) is 11.2 Å². The quantitative estimate of drug-likeness (QED) is 0.830. The third kappa shape index (κ3) is 4.42. The third-order valence-electron chi connectivity index (χ3n) is 3.63. The molecule has 4 nitrogen and oxygen atoms in total. The predicted octanol–water partition coefficient (Wildman–Crippen LogP) is 4.04. The smallest absolute Gasteiger partial charge is 0.224 e. The minimum absolute atomic E-state index is 0.477. The van der Waals surface area contributed by atoms with Gasteiger partial charge in [0, 0.05) is 17.8 Å². The molecule has 112 valence electrons. The molecule has 1 aliphatic carbocycles. The van der Waals surface area contributed by atoms with E-state index >= 15 is 0 Å². The largest absolute Gasteiger partial charge is 0.366 e.